The van der Waals surface area contributed by atoms with Gasteiger partial charge in [0.05, 0.1) is 11.5 Å². The van der Waals surface area contributed by atoms with Gasteiger partial charge in [0.2, 0.25) is 0 Å². The molecule has 3 aliphatic rings. The van der Waals surface area contributed by atoms with Gasteiger partial charge >= 0.3 is 17.9 Å². The fourth-order valence-corrected chi connectivity index (χ4v) is 3.79. The zero-order valence-corrected chi connectivity index (χ0v) is 15.3. The highest BCUT2D eigenvalue weighted by Crippen LogP contribution is 2.38. The minimum Gasteiger partial charge on any atom is -0.458 e. The lowest BCUT2D eigenvalue weighted by atomic mass is 9.85. The van der Waals surface area contributed by atoms with E-state index in [1.807, 2.05) is 6.92 Å². The van der Waals surface area contributed by atoms with Gasteiger partial charge in [-0.15, -0.1) is 0 Å². The number of nitrogens with zero attached hydrogens (tertiary/aromatic N) is 1. The highest BCUT2D eigenvalue weighted by molar-refractivity contribution is 5.94. The minimum absolute atomic E-state index is 0.195. The number of ether oxygens (including phenoxy) is 3. The molecule has 7 nitrogen and oxygen atoms in total. The smallest absolute Gasteiger partial charge is 0.338 e. The Morgan fingerprint density at radius 2 is 1.89 bits per heavy atom. The molecule has 2 aliphatic heterocycles. The maximum atomic E-state index is 12.6. The van der Waals surface area contributed by atoms with E-state index in [1.165, 1.54) is 12.4 Å². The van der Waals surface area contributed by atoms with E-state index in [2.05, 4.69) is 11.6 Å². The van der Waals surface area contributed by atoms with Crippen molar-refractivity contribution in [2.75, 3.05) is 0 Å². The molecular weight excluding hydrogens is 362 g/mol. The highest BCUT2D eigenvalue weighted by Gasteiger charge is 2.46. The van der Waals surface area contributed by atoms with Crippen LogP contribution in [0.3, 0.4) is 0 Å². The highest BCUT2D eigenvalue weighted by atomic mass is 16.6. The van der Waals surface area contributed by atoms with Crippen LogP contribution in [-0.4, -0.2) is 41.2 Å². The van der Waals surface area contributed by atoms with Crippen molar-refractivity contribution in [2.24, 2.45) is 5.92 Å². The number of fused-ring (bicyclic) bond motifs is 2. The van der Waals surface area contributed by atoms with Crippen LogP contribution < -0.4 is 0 Å². The number of esters is 3. The molecule has 1 saturated heterocycles. The van der Waals surface area contributed by atoms with Crippen LogP contribution in [0.5, 0.6) is 0 Å². The average molecular weight is 381 g/mol. The van der Waals surface area contributed by atoms with Crippen molar-refractivity contribution in [1.29, 1.82) is 0 Å². The van der Waals surface area contributed by atoms with Gasteiger partial charge in [-0.1, -0.05) is 12.2 Å². The second kappa shape index (κ2) is 7.07. The van der Waals surface area contributed by atoms with Crippen LogP contribution in [0.4, 0.5) is 0 Å². The summed E-state index contributed by atoms with van der Waals surface area (Å²) in [5, 5.41) is 0. The molecule has 0 radical (unpaired) electrons. The van der Waals surface area contributed by atoms with Crippen molar-refractivity contribution in [3.05, 3.63) is 65.5 Å². The zero-order valence-electron chi connectivity index (χ0n) is 15.3. The van der Waals surface area contributed by atoms with Gasteiger partial charge in [-0.25, -0.2) is 14.4 Å². The van der Waals surface area contributed by atoms with Crippen molar-refractivity contribution >= 4 is 17.9 Å². The van der Waals surface area contributed by atoms with Gasteiger partial charge in [0, 0.05) is 36.4 Å². The first-order valence-corrected chi connectivity index (χ1v) is 9.02. The van der Waals surface area contributed by atoms with E-state index in [0.717, 1.165) is 5.57 Å². The monoisotopic (exact) mass is 381 g/mol. The Labute approximate surface area is 161 Å². The van der Waals surface area contributed by atoms with Gasteiger partial charge in [-0.3, -0.25) is 4.98 Å². The number of pyridine rings is 1. The van der Waals surface area contributed by atoms with Crippen LogP contribution in [0, 0.1) is 5.92 Å². The predicted octanol–water partition coefficient (Wildman–Crippen LogP) is 2.30. The molecule has 1 aromatic heterocycles. The number of carbonyl (C=O) groups is 3. The third-order valence-corrected chi connectivity index (χ3v) is 5.14. The van der Waals surface area contributed by atoms with Gasteiger partial charge in [0.25, 0.3) is 0 Å². The number of carbonyl (C=O) groups excluding carboxylic acids is 3. The standard InChI is InChI=1S/C21H19NO6/c1-11-7-15-9-14(21(25)26-15)10-17-18(12(2)19(23)27-17)16(8-11)28-20(24)13-3-5-22-6-4-13/h3-6,8-9,15-18H,2,7,10H2,1H3/b11-8+/t15-,16+,17-,18-/m0/s1. The molecule has 4 atom stereocenters. The van der Waals surface area contributed by atoms with Crippen LogP contribution in [0.2, 0.25) is 0 Å². The van der Waals surface area contributed by atoms with Crippen LogP contribution in [0.25, 0.3) is 0 Å². The molecule has 144 valence electrons. The molecule has 1 aliphatic carbocycles. The first-order chi connectivity index (χ1) is 13.4. The molecule has 4 rings (SSSR count). The molecule has 0 saturated carbocycles. The fourth-order valence-electron chi connectivity index (χ4n) is 3.79. The van der Waals surface area contributed by atoms with E-state index in [9.17, 15) is 14.4 Å². The number of hydrogen-bond acceptors (Lipinski definition) is 7. The Kier molecular flexibility index (Phi) is 4.58. The third-order valence-electron chi connectivity index (χ3n) is 5.14. The van der Waals surface area contributed by atoms with Crippen LogP contribution in [0.1, 0.15) is 30.1 Å². The third kappa shape index (κ3) is 3.35. The second-order valence-corrected chi connectivity index (χ2v) is 7.16. The number of rotatable bonds is 2. The van der Waals surface area contributed by atoms with E-state index in [-0.39, 0.29) is 18.1 Å². The summed E-state index contributed by atoms with van der Waals surface area (Å²) in [6, 6.07) is 3.11. The van der Waals surface area contributed by atoms with Gasteiger partial charge in [0.1, 0.15) is 18.3 Å². The Morgan fingerprint density at radius 1 is 1.14 bits per heavy atom. The summed E-state index contributed by atoms with van der Waals surface area (Å²) in [6.07, 6.45) is 5.46. The summed E-state index contributed by atoms with van der Waals surface area (Å²) < 4.78 is 16.6. The fraction of sp³-hybridized carbons (Fsp3) is 0.333. The molecule has 0 spiro atoms. The van der Waals surface area contributed by atoms with Crippen LogP contribution in [-0.2, 0) is 23.8 Å². The molecule has 2 bridgehead atoms. The molecule has 28 heavy (non-hydrogen) atoms. The van der Waals surface area contributed by atoms with E-state index < -0.39 is 36.0 Å². The first kappa shape index (κ1) is 18.2. The second-order valence-electron chi connectivity index (χ2n) is 7.16. The molecule has 1 aromatic rings. The average Bonchev–Trinajstić information content (AvgIpc) is 3.13. The molecule has 7 heteroatoms. The molecular formula is C21H19NO6. The molecule has 0 N–H and O–H groups in total. The van der Waals surface area contributed by atoms with E-state index in [1.54, 1.807) is 24.3 Å². The quantitative estimate of drug-likeness (QED) is 0.336. The summed E-state index contributed by atoms with van der Waals surface area (Å²) in [4.78, 5) is 40.8. The Morgan fingerprint density at radius 3 is 2.64 bits per heavy atom. The first-order valence-electron chi connectivity index (χ1n) is 9.02. The van der Waals surface area contributed by atoms with Crippen molar-refractivity contribution in [1.82, 2.24) is 4.98 Å². The Hall–Kier alpha value is -3.22. The number of aromatic nitrogens is 1. The lowest BCUT2D eigenvalue weighted by Crippen LogP contribution is -2.33. The normalized spacial score (nSPS) is 31.1. The van der Waals surface area contributed by atoms with Gasteiger partial charge < -0.3 is 14.2 Å². The largest absolute Gasteiger partial charge is 0.458 e. The van der Waals surface area contributed by atoms with Crippen molar-refractivity contribution in [3.8, 4) is 0 Å². The van der Waals surface area contributed by atoms with E-state index in [4.69, 9.17) is 14.2 Å². The lowest BCUT2D eigenvalue weighted by molar-refractivity contribution is -0.142. The minimum atomic E-state index is -0.752. The van der Waals surface area contributed by atoms with Crippen LogP contribution >= 0.6 is 0 Å². The Bertz CT molecular complexity index is 916. The van der Waals surface area contributed by atoms with Crippen molar-refractivity contribution < 1.29 is 28.6 Å². The SMILES string of the molecule is C=C1C(=O)O[C@H]2CC3=C[C@H](C/C(C)=C/[C@@H](OC(=O)c4ccncc4)[C@H]12)OC3=O. The van der Waals surface area contributed by atoms with Crippen molar-refractivity contribution in [2.45, 2.75) is 38.1 Å². The van der Waals surface area contributed by atoms with Crippen LogP contribution in [0.15, 0.2) is 60.0 Å². The van der Waals surface area contributed by atoms with Crippen molar-refractivity contribution in [3.63, 3.8) is 0 Å². The lowest BCUT2D eigenvalue weighted by Gasteiger charge is -2.26. The molecule has 0 unspecified atom stereocenters. The molecule has 0 amide bonds. The van der Waals surface area contributed by atoms with E-state index >= 15 is 0 Å². The van der Waals surface area contributed by atoms with Gasteiger partial charge in [-0.05, 0) is 31.2 Å². The molecule has 1 fully saturated rings. The summed E-state index contributed by atoms with van der Waals surface area (Å²) >= 11 is 0. The summed E-state index contributed by atoms with van der Waals surface area (Å²) in [5.74, 6) is -2.07. The summed E-state index contributed by atoms with van der Waals surface area (Å²) in [7, 11) is 0. The van der Waals surface area contributed by atoms with E-state index in [0.29, 0.717) is 17.6 Å². The van der Waals surface area contributed by atoms with Gasteiger partial charge in [-0.2, -0.15) is 0 Å². The predicted molar refractivity (Wildman–Crippen MR) is 96.9 cm³/mol. The maximum Gasteiger partial charge on any atom is 0.338 e. The summed E-state index contributed by atoms with van der Waals surface area (Å²) in [6.45, 7) is 5.71. The topological polar surface area (TPSA) is 91.8 Å². The molecule has 3 heterocycles. The van der Waals surface area contributed by atoms with Gasteiger partial charge in [0.15, 0.2) is 0 Å². The molecule has 0 aromatic carbocycles. The maximum absolute atomic E-state index is 12.6. The number of hydrogen-bond donors (Lipinski definition) is 0. The zero-order chi connectivity index (χ0) is 19.8. The summed E-state index contributed by atoms with van der Waals surface area (Å²) in [5.41, 5.74) is 1.92. The Balaban J connectivity index is 1.69.